The van der Waals surface area contributed by atoms with Crippen LogP contribution in [0.1, 0.15) is 12.8 Å². The third-order valence-electron chi connectivity index (χ3n) is 4.30. The van der Waals surface area contributed by atoms with Gasteiger partial charge in [0.15, 0.2) is 17.5 Å². The molecule has 148 valence electrons. The summed E-state index contributed by atoms with van der Waals surface area (Å²) in [5.41, 5.74) is 4.79. The highest BCUT2D eigenvalue weighted by Crippen LogP contribution is 2.19. The summed E-state index contributed by atoms with van der Waals surface area (Å²) in [6.45, 7) is 0.382. The maximum absolute atomic E-state index is 13.6. The minimum atomic E-state index is -1.68. The van der Waals surface area contributed by atoms with Crippen LogP contribution in [0.4, 0.5) is 18.9 Å². The van der Waals surface area contributed by atoms with Crippen LogP contribution in [0.3, 0.4) is 0 Å². The molecule has 1 aromatic rings. The zero-order chi connectivity index (χ0) is 20.1. The van der Waals surface area contributed by atoms with Crippen molar-refractivity contribution in [2.24, 2.45) is 11.7 Å². The first-order valence-corrected chi connectivity index (χ1v) is 8.38. The van der Waals surface area contributed by atoms with Gasteiger partial charge >= 0.3 is 0 Å². The lowest BCUT2D eigenvalue weighted by Crippen LogP contribution is -2.47. The van der Waals surface area contributed by atoms with Gasteiger partial charge in [0.25, 0.3) is 0 Å². The summed E-state index contributed by atoms with van der Waals surface area (Å²) in [6, 6.07) is 1.61. The number of carbonyl (C=O) groups is 3. The number of carbonyl (C=O) groups excluding carboxylic acids is 3. The van der Waals surface area contributed by atoms with Crippen molar-refractivity contribution in [3.05, 3.63) is 29.6 Å². The van der Waals surface area contributed by atoms with Crippen LogP contribution in [0.5, 0.6) is 0 Å². The Morgan fingerprint density at radius 1 is 1.22 bits per heavy atom. The fourth-order valence-corrected chi connectivity index (χ4v) is 2.88. The molecule has 3 N–H and O–H groups in total. The van der Waals surface area contributed by atoms with Crippen LogP contribution in [0.25, 0.3) is 0 Å². The highest BCUT2D eigenvalue weighted by molar-refractivity contribution is 5.92. The Kier molecular flexibility index (Phi) is 6.78. The van der Waals surface area contributed by atoms with Crippen LogP contribution in [-0.4, -0.2) is 60.7 Å². The lowest BCUT2D eigenvalue weighted by Gasteiger charge is -2.32. The number of amides is 3. The molecule has 0 aromatic heterocycles. The van der Waals surface area contributed by atoms with Gasteiger partial charge in [-0.25, -0.2) is 13.2 Å². The predicted molar refractivity (Wildman–Crippen MR) is 90.9 cm³/mol. The Hall–Kier alpha value is -2.62. The summed E-state index contributed by atoms with van der Waals surface area (Å²) in [5, 5.41) is 2.14. The SMILES string of the molecule is CN(CC(=O)Nc1ccc(F)c(F)c1F)CC(=O)N1CCC[C@H](C(N)=O)C1. The lowest BCUT2D eigenvalue weighted by atomic mass is 9.97. The number of nitrogens with zero attached hydrogens (tertiary/aromatic N) is 2. The molecule has 27 heavy (non-hydrogen) atoms. The molecule has 0 spiro atoms. The van der Waals surface area contributed by atoms with Gasteiger partial charge in [-0.05, 0) is 32.0 Å². The van der Waals surface area contributed by atoms with Gasteiger partial charge in [-0.2, -0.15) is 0 Å². The number of anilines is 1. The maximum Gasteiger partial charge on any atom is 0.238 e. The number of hydrogen-bond acceptors (Lipinski definition) is 4. The highest BCUT2D eigenvalue weighted by Gasteiger charge is 2.27. The number of halogens is 3. The normalized spacial score (nSPS) is 17.1. The van der Waals surface area contributed by atoms with Gasteiger partial charge in [-0.1, -0.05) is 0 Å². The van der Waals surface area contributed by atoms with Crippen LogP contribution in [-0.2, 0) is 14.4 Å². The van der Waals surface area contributed by atoms with Gasteiger partial charge in [0, 0.05) is 13.1 Å². The first kappa shape index (κ1) is 20.7. The van der Waals surface area contributed by atoms with E-state index in [1.807, 2.05) is 0 Å². The number of piperidine rings is 1. The molecule has 1 atom stereocenters. The summed E-state index contributed by atoms with van der Waals surface area (Å²) in [4.78, 5) is 38.4. The molecule has 7 nitrogen and oxygen atoms in total. The van der Waals surface area contributed by atoms with Gasteiger partial charge in [0.1, 0.15) is 0 Å². The second-order valence-electron chi connectivity index (χ2n) is 6.52. The van der Waals surface area contributed by atoms with E-state index in [0.29, 0.717) is 25.5 Å². The number of benzene rings is 1. The summed E-state index contributed by atoms with van der Waals surface area (Å²) in [6.07, 6.45) is 1.30. The van der Waals surface area contributed by atoms with Crippen LogP contribution < -0.4 is 11.1 Å². The van der Waals surface area contributed by atoms with Crippen molar-refractivity contribution in [2.75, 3.05) is 38.5 Å². The fourth-order valence-electron chi connectivity index (χ4n) is 2.88. The highest BCUT2D eigenvalue weighted by atomic mass is 19.2. The molecule has 0 saturated carbocycles. The van der Waals surface area contributed by atoms with E-state index in [1.165, 1.54) is 16.8 Å². The van der Waals surface area contributed by atoms with Crippen molar-refractivity contribution >= 4 is 23.4 Å². The van der Waals surface area contributed by atoms with E-state index in [-0.39, 0.29) is 31.5 Å². The molecule has 1 fully saturated rings. The first-order chi connectivity index (χ1) is 12.7. The van der Waals surface area contributed by atoms with E-state index in [1.54, 1.807) is 0 Å². The molecule has 1 aromatic carbocycles. The van der Waals surface area contributed by atoms with Crippen molar-refractivity contribution in [1.82, 2.24) is 9.80 Å². The molecule has 2 rings (SSSR count). The molecule has 0 radical (unpaired) electrons. The molecule has 1 saturated heterocycles. The number of nitrogens with two attached hydrogens (primary N) is 1. The molecule has 0 unspecified atom stereocenters. The molecule has 1 aliphatic heterocycles. The van der Waals surface area contributed by atoms with Crippen LogP contribution in [0.2, 0.25) is 0 Å². The molecule has 3 amide bonds. The van der Waals surface area contributed by atoms with Crippen LogP contribution in [0, 0.1) is 23.4 Å². The molecule has 0 bridgehead atoms. The monoisotopic (exact) mass is 386 g/mol. The predicted octanol–water partition coefficient (Wildman–Crippen LogP) is 0.698. The van der Waals surface area contributed by atoms with Crippen LogP contribution >= 0.6 is 0 Å². The van der Waals surface area contributed by atoms with E-state index in [2.05, 4.69) is 5.32 Å². The number of rotatable bonds is 6. The van der Waals surface area contributed by atoms with Gasteiger partial charge < -0.3 is 16.0 Å². The van der Waals surface area contributed by atoms with Crippen molar-refractivity contribution in [3.8, 4) is 0 Å². The molecule has 10 heteroatoms. The Morgan fingerprint density at radius 3 is 2.59 bits per heavy atom. The van der Waals surface area contributed by atoms with Gasteiger partial charge in [0.05, 0.1) is 24.7 Å². The largest absolute Gasteiger partial charge is 0.369 e. The Labute approximate surface area is 154 Å². The molecule has 0 aliphatic carbocycles. The summed E-state index contributed by atoms with van der Waals surface area (Å²) in [5.74, 6) is -6.32. The number of likely N-dealkylation sites (tertiary alicyclic amines) is 1. The maximum atomic E-state index is 13.6. The van der Waals surface area contributed by atoms with E-state index < -0.39 is 35.0 Å². The van der Waals surface area contributed by atoms with E-state index in [0.717, 1.165) is 6.07 Å². The molecular formula is C17H21F3N4O3. The van der Waals surface area contributed by atoms with Crippen molar-refractivity contribution in [1.29, 1.82) is 0 Å². The number of primary amides is 1. The summed E-state index contributed by atoms with van der Waals surface area (Å²) < 4.78 is 39.6. The molecule has 1 aliphatic rings. The minimum Gasteiger partial charge on any atom is -0.369 e. The average molecular weight is 386 g/mol. The minimum absolute atomic E-state index is 0.0981. The third kappa shape index (κ3) is 5.43. The second-order valence-corrected chi connectivity index (χ2v) is 6.52. The molecular weight excluding hydrogens is 365 g/mol. The number of nitrogens with one attached hydrogen (secondary N) is 1. The Morgan fingerprint density at radius 2 is 1.93 bits per heavy atom. The topological polar surface area (TPSA) is 95.7 Å². The second kappa shape index (κ2) is 8.85. The summed E-state index contributed by atoms with van der Waals surface area (Å²) >= 11 is 0. The van der Waals surface area contributed by atoms with E-state index >= 15 is 0 Å². The van der Waals surface area contributed by atoms with E-state index in [4.69, 9.17) is 5.73 Å². The first-order valence-electron chi connectivity index (χ1n) is 8.38. The number of hydrogen-bond donors (Lipinski definition) is 2. The van der Waals surface area contributed by atoms with E-state index in [9.17, 15) is 27.6 Å². The Bertz CT molecular complexity index is 744. The third-order valence-corrected chi connectivity index (χ3v) is 4.30. The zero-order valence-corrected chi connectivity index (χ0v) is 14.8. The quantitative estimate of drug-likeness (QED) is 0.704. The van der Waals surface area contributed by atoms with Crippen molar-refractivity contribution in [3.63, 3.8) is 0 Å². The Balaban J connectivity index is 1.87. The van der Waals surface area contributed by atoms with Crippen molar-refractivity contribution in [2.45, 2.75) is 12.8 Å². The molecule has 1 heterocycles. The average Bonchev–Trinajstić information content (AvgIpc) is 2.62. The zero-order valence-electron chi connectivity index (χ0n) is 14.8. The lowest BCUT2D eigenvalue weighted by molar-refractivity contribution is -0.135. The van der Waals surface area contributed by atoms with Gasteiger partial charge in [0.2, 0.25) is 17.7 Å². The van der Waals surface area contributed by atoms with Crippen molar-refractivity contribution < 1.29 is 27.6 Å². The van der Waals surface area contributed by atoms with Gasteiger partial charge in [-0.3, -0.25) is 19.3 Å². The standard InChI is InChI=1S/C17H21F3N4O3/c1-23(9-14(26)24-6-2-3-10(7-24)17(21)27)8-13(25)22-12-5-4-11(18)15(19)16(12)20/h4-5,10H,2-3,6-9H2,1H3,(H2,21,27)(H,22,25)/t10-/m0/s1. The van der Waals surface area contributed by atoms with Gasteiger partial charge in [-0.15, -0.1) is 0 Å². The smallest absolute Gasteiger partial charge is 0.238 e. The fraction of sp³-hybridized carbons (Fsp3) is 0.471. The number of likely N-dealkylation sites (N-methyl/N-ethyl adjacent to an activating group) is 1. The van der Waals surface area contributed by atoms with Crippen LogP contribution in [0.15, 0.2) is 12.1 Å². The summed E-state index contributed by atoms with van der Waals surface area (Å²) in [7, 11) is 1.51.